The van der Waals surface area contributed by atoms with Crippen LogP contribution in [0, 0.1) is 11.8 Å². The molecule has 7 nitrogen and oxygen atoms in total. The monoisotopic (exact) mass is 497 g/mol. The van der Waals surface area contributed by atoms with Crippen molar-refractivity contribution in [2.24, 2.45) is 11.8 Å². The van der Waals surface area contributed by atoms with Crippen LogP contribution < -0.4 is 10.0 Å². The predicted molar refractivity (Wildman–Crippen MR) is 137 cm³/mol. The zero-order valence-electron chi connectivity index (χ0n) is 20.5. The molecule has 0 aromatic heterocycles. The number of nitrogens with one attached hydrogen (secondary N) is 2. The van der Waals surface area contributed by atoms with Gasteiger partial charge in [-0.25, -0.2) is 8.42 Å². The summed E-state index contributed by atoms with van der Waals surface area (Å²) in [5, 5.41) is 2.97. The van der Waals surface area contributed by atoms with Crippen molar-refractivity contribution < 1.29 is 18.0 Å². The molecule has 1 fully saturated rings. The van der Waals surface area contributed by atoms with Gasteiger partial charge in [-0.1, -0.05) is 26.0 Å². The molecule has 1 saturated heterocycles. The van der Waals surface area contributed by atoms with Gasteiger partial charge >= 0.3 is 0 Å². The van der Waals surface area contributed by atoms with E-state index in [0.29, 0.717) is 36.8 Å². The zero-order chi connectivity index (χ0) is 25.0. The summed E-state index contributed by atoms with van der Waals surface area (Å²) in [5.74, 6) is -0.0609. The summed E-state index contributed by atoms with van der Waals surface area (Å²) in [5.41, 5.74) is 3.07. The first-order chi connectivity index (χ1) is 16.7. The van der Waals surface area contributed by atoms with Crippen LogP contribution in [-0.2, 0) is 27.7 Å². The van der Waals surface area contributed by atoms with Gasteiger partial charge in [0.05, 0.1) is 10.8 Å². The summed E-state index contributed by atoms with van der Waals surface area (Å²) in [7, 11) is -3.78. The zero-order valence-corrected chi connectivity index (χ0v) is 21.4. The summed E-state index contributed by atoms with van der Waals surface area (Å²) in [4.78, 5) is 27.6. The van der Waals surface area contributed by atoms with Gasteiger partial charge in [-0.2, -0.15) is 0 Å². The maximum atomic E-state index is 13.2. The van der Waals surface area contributed by atoms with Crippen molar-refractivity contribution in [3.63, 3.8) is 0 Å². The lowest BCUT2D eigenvalue weighted by atomic mass is 9.92. The number of anilines is 1. The molecule has 0 saturated carbocycles. The summed E-state index contributed by atoms with van der Waals surface area (Å²) < 4.78 is 28.7. The highest BCUT2D eigenvalue weighted by molar-refractivity contribution is 7.92. The van der Waals surface area contributed by atoms with Crippen LogP contribution in [0.3, 0.4) is 0 Å². The van der Waals surface area contributed by atoms with E-state index in [0.717, 1.165) is 44.1 Å². The van der Waals surface area contributed by atoms with Gasteiger partial charge in [0.15, 0.2) is 0 Å². The fraction of sp³-hybridized carbons (Fsp3) is 0.481. The van der Waals surface area contributed by atoms with E-state index in [1.165, 1.54) is 5.56 Å². The van der Waals surface area contributed by atoms with Crippen molar-refractivity contribution in [2.75, 3.05) is 24.4 Å². The molecule has 188 valence electrons. The SMILES string of the molecule is CC(C)CNC(=O)C1CCCN(C(=O)c2cccc(NS(=O)(=O)c3ccc4c(c3)CCCC4)c2)C1. The van der Waals surface area contributed by atoms with Gasteiger partial charge in [0.2, 0.25) is 5.91 Å². The predicted octanol–water partition coefficient (Wildman–Crippen LogP) is 3.99. The van der Waals surface area contributed by atoms with E-state index in [1.807, 2.05) is 19.9 Å². The highest BCUT2D eigenvalue weighted by Crippen LogP contribution is 2.26. The minimum Gasteiger partial charge on any atom is -0.356 e. The first-order valence-electron chi connectivity index (χ1n) is 12.5. The minimum atomic E-state index is -3.78. The molecule has 0 bridgehead atoms. The Morgan fingerprint density at radius 2 is 1.80 bits per heavy atom. The smallest absolute Gasteiger partial charge is 0.261 e. The number of sulfonamides is 1. The Labute approximate surface area is 208 Å². The number of carbonyl (C=O) groups is 2. The largest absolute Gasteiger partial charge is 0.356 e. The average molecular weight is 498 g/mol. The normalized spacial score (nSPS) is 18.1. The first-order valence-corrected chi connectivity index (χ1v) is 14.0. The number of fused-ring (bicyclic) bond motifs is 1. The van der Waals surface area contributed by atoms with Crippen molar-refractivity contribution in [3.05, 3.63) is 59.2 Å². The van der Waals surface area contributed by atoms with Crippen molar-refractivity contribution >= 4 is 27.5 Å². The second kappa shape index (κ2) is 10.8. The molecule has 1 heterocycles. The van der Waals surface area contributed by atoms with Crippen molar-refractivity contribution in [2.45, 2.75) is 57.3 Å². The molecule has 2 amide bonds. The number of benzene rings is 2. The van der Waals surface area contributed by atoms with Crippen LogP contribution in [0.15, 0.2) is 47.4 Å². The van der Waals surface area contributed by atoms with Crippen molar-refractivity contribution in [3.8, 4) is 0 Å². The molecular weight excluding hydrogens is 462 g/mol. The number of rotatable bonds is 7. The summed E-state index contributed by atoms with van der Waals surface area (Å²) in [6.07, 6.45) is 5.62. The summed E-state index contributed by atoms with van der Waals surface area (Å²) >= 11 is 0. The highest BCUT2D eigenvalue weighted by atomic mass is 32.2. The number of carbonyl (C=O) groups excluding carboxylic acids is 2. The number of nitrogens with zero attached hydrogens (tertiary/aromatic N) is 1. The van der Waals surface area contributed by atoms with E-state index < -0.39 is 10.0 Å². The fourth-order valence-electron chi connectivity index (χ4n) is 4.81. The molecule has 1 atom stereocenters. The number of hydrogen-bond acceptors (Lipinski definition) is 4. The number of amides is 2. The van der Waals surface area contributed by atoms with E-state index >= 15 is 0 Å². The second-order valence-electron chi connectivity index (χ2n) is 10.1. The molecule has 2 aliphatic rings. The number of aryl methyl sites for hydroxylation is 2. The lowest BCUT2D eigenvalue weighted by molar-refractivity contribution is -0.126. The molecule has 1 unspecified atom stereocenters. The Bertz CT molecular complexity index is 1190. The van der Waals surface area contributed by atoms with Gasteiger partial charge in [0.25, 0.3) is 15.9 Å². The second-order valence-corrected chi connectivity index (χ2v) is 11.7. The van der Waals surface area contributed by atoms with Crippen LogP contribution in [0.5, 0.6) is 0 Å². The van der Waals surface area contributed by atoms with Crippen molar-refractivity contribution in [1.29, 1.82) is 0 Å². The molecular formula is C27H35N3O4S. The number of hydrogen-bond donors (Lipinski definition) is 2. The standard InChI is InChI=1S/C27H35N3O4S/c1-19(2)17-28-26(31)23-10-6-14-30(18-23)27(32)22-9-5-11-24(15-22)29-35(33,34)25-13-12-20-7-3-4-8-21(20)16-25/h5,9,11-13,15-16,19,23,29H,3-4,6-8,10,14,17-18H2,1-2H3,(H,28,31). The maximum absolute atomic E-state index is 13.2. The van der Waals surface area contributed by atoms with E-state index in [2.05, 4.69) is 10.0 Å². The topological polar surface area (TPSA) is 95.6 Å². The lowest BCUT2D eigenvalue weighted by Gasteiger charge is -2.32. The van der Waals surface area contributed by atoms with Crippen LogP contribution in [-0.4, -0.2) is 44.8 Å². The van der Waals surface area contributed by atoms with Crippen LogP contribution in [0.25, 0.3) is 0 Å². The molecule has 8 heteroatoms. The van der Waals surface area contributed by atoms with Gasteiger partial charge in [-0.05, 0) is 85.9 Å². The Hall–Kier alpha value is -2.87. The number of piperidine rings is 1. The van der Waals surface area contributed by atoms with Gasteiger partial charge in [-0.15, -0.1) is 0 Å². The Morgan fingerprint density at radius 1 is 1.03 bits per heavy atom. The lowest BCUT2D eigenvalue weighted by Crippen LogP contribution is -2.46. The van der Waals surface area contributed by atoms with Crippen LogP contribution in [0.4, 0.5) is 5.69 Å². The molecule has 1 aliphatic heterocycles. The van der Waals surface area contributed by atoms with E-state index in [9.17, 15) is 18.0 Å². The van der Waals surface area contributed by atoms with E-state index in [4.69, 9.17) is 0 Å². The fourth-order valence-corrected chi connectivity index (χ4v) is 5.91. The molecule has 2 aromatic carbocycles. The molecule has 0 radical (unpaired) electrons. The molecule has 1 aliphatic carbocycles. The van der Waals surface area contributed by atoms with Gasteiger partial charge < -0.3 is 10.2 Å². The first kappa shape index (κ1) is 25.2. The average Bonchev–Trinajstić information content (AvgIpc) is 2.86. The van der Waals surface area contributed by atoms with Crippen LogP contribution in [0.1, 0.15) is 61.0 Å². The summed E-state index contributed by atoms with van der Waals surface area (Å²) in [6, 6.07) is 11.9. The molecule has 2 aromatic rings. The van der Waals surface area contributed by atoms with Gasteiger partial charge in [-0.3, -0.25) is 14.3 Å². The summed E-state index contributed by atoms with van der Waals surface area (Å²) in [6.45, 7) is 5.66. The molecule has 2 N–H and O–H groups in total. The Balaban J connectivity index is 1.44. The minimum absolute atomic E-state index is 0.0113. The Morgan fingerprint density at radius 3 is 2.57 bits per heavy atom. The van der Waals surface area contributed by atoms with Gasteiger partial charge in [0, 0.05) is 30.9 Å². The van der Waals surface area contributed by atoms with E-state index in [-0.39, 0.29) is 22.6 Å². The van der Waals surface area contributed by atoms with Crippen LogP contribution >= 0.6 is 0 Å². The maximum Gasteiger partial charge on any atom is 0.261 e. The highest BCUT2D eigenvalue weighted by Gasteiger charge is 2.29. The molecule has 0 spiro atoms. The third kappa shape index (κ3) is 6.23. The molecule has 4 rings (SSSR count). The third-order valence-electron chi connectivity index (χ3n) is 6.76. The Kier molecular flexibility index (Phi) is 7.79. The molecule has 35 heavy (non-hydrogen) atoms. The van der Waals surface area contributed by atoms with Crippen molar-refractivity contribution in [1.82, 2.24) is 10.2 Å². The van der Waals surface area contributed by atoms with Crippen LogP contribution in [0.2, 0.25) is 0 Å². The number of likely N-dealkylation sites (tertiary alicyclic amines) is 1. The van der Waals surface area contributed by atoms with Gasteiger partial charge in [0.1, 0.15) is 0 Å². The van der Waals surface area contributed by atoms with E-state index in [1.54, 1.807) is 41.3 Å². The quantitative estimate of drug-likeness (QED) is 0.605. The third-order valence-corrected chi connectivity index (χ3v) is 8.13.